The van der Waals surface area contributed by atoms with E-state index < -0.39 is 8.32 Å². The SMILES string of the molecule is CCc1cc(/C=N/c2ccc(C#N)cc2)c(F)c(O[Si](C)(C)C(C)(C)C)c1. The van der Waals surface area contributed by atoms with Crippen molar-refractivity contribution in [2.75, 3.05) is 0 Å². The number of halogens is 1. The van der Waals surface area contributed by atoms with Crippen molar-refractivity contribution in [3.8, 4) is 11.8 Å². The highest BCUT2D eigenvalue weighted by molar-refractivity contribution is 6.74. The largest absolute Gasteiger partial charge is 0.542 e. The first kappa shape index (κ1) is 20.9. The summed E-state index contributed by atoms with van der Waals surface area (Å²) in [6.45, 7) is 12.6. The van der Waals surface area contributed by atoms with Crippen LogP contribution in [0.4, 0.5) is 10.1 Å². The maximum atomic E-state index is 15.1. The number of hydrogen-bond acceptors (Lipinski definition) is 3. The molecule has 5 heteroatoms. The van der Waals surface area contributed by atoms with Crippen molar-refractivity contribution >= 4 is 20.2 Å². The number of benzene rings is 2. The summed E-state index contributed by atoms with van der Waals surface area (Å²) in [7, 11) is -2.15. The zero-order valence-electron chi connectivity index (χ0n) is 16.9. The Kier molecular flexibility index (Phi) is 6.22. The molecule has 0 aliphatic carbocycles. The van der Waals surface area contributed by atoms with Crippen LogP contribution in [0.5, 0.6) is 5.75 Å². The van der Waals surface area contributed by atoms with E-state index in [4.69, 9.17) is 9.69 Å². The minimum Gasteiger partial charge on any atom is -0.542 e. The summed E-state index contributed by atoms with van der Waals surface area (Å²) in [5, 5.41) is 8.85. The third-order valence-electron chi connectivity index (χ3n) is 5.06. The average Bonchev–Trinajstić information content (AvgIpc) is 2.61. The number of aryl methyl sites for hydroxylation is 1. The average molecular weight is 383 g/mol. The molecule has 142 valence electrons. The smallest absolute Gasteiger partial charge is 0.250 e. The summed E-state index contributed by atoms with van der Waals surface area (Å²) < 4.78 is 21.3. The van der Waals surface area contributed by atoms with Crippen LogP contribution in [0, 0.1) is 17.1 Å². The van der Waals surface area contributed by atoms with E-state index in [0.717, 1.165) is 12.0 Å². The highest BCUT2D eigenvalue weighted by Gasteiger charge is 2.39. The molecule has 2 rings (SSSR count). The molecule has 0 aliphatic heterocycles. The van der Waals surface area contributed by atoms with Crippen LogP contribution in [-0.4, -0.2) is 14.5 Å². The second kappa shape index (κ2) is 8.06. The van der Waals surface area contributed by atoms with E-state index in [1.165, 1.54) is 6.21 Å². The Bertz CT molecular complexity index is 875. The van der Waals surface area contributed by atoms with Crippen LogP contribution in [0.1, 0.15) is 44.4 Å². The lowest BCUT2D eigenvalue weighted by atomic mass is 10.1. The van der Waals surface area contributed by atoms with Crippen LogP contribution < -0.4 is 4.43 Å². The van der Waals surface area contributed by atoms with Gasteiger partial charge in [-0.15, -0.1) is 0 Å². The summed E-state index contributed by atoms with van der Waals surface area (Å²) in [6.07, 6.45) is 2.31. The Morgan fingerprint density at radius 3 is 2.33 bits per heavy atom. The maximum absolute atomic E-state index is 15.1. The van der Waals surface area contributed by atoms with Crippen LogP contribution in [0.25, 0.3) is 0 Å². The lowest BCUT2D eigenvalue weighted by Gasteiger charge is -2.36. The zero-order valence-corrected chi connectivity index (χ0v) is 17.9. The monoisotopic (exact) mass is 382 g/mol. The van der Waals surface area contributed by atoms with E-state index in [9.17, 15) is 0 Å². The summed E-state index contributed by atoms with van der Waals surface area (Å²) in [4.78, 5) is 4.36. The molecule has 0 saturated heterocycles. The van der Waals surface area contributed by atoms with Crippen molar-refractivity contribution in [2.24, 2.45) is 4.99 Å². The molecule has 2 aromatic rings. The molecule has 0 aromatic heterocycles. The Morgan fingerprint density at radius 1 is 1.19 bits per heavy atom. The lowest BCUT2D eigenvalue weighted by molar-refractivity contribution is 0.456. The molecule has 0 atom stereocenters. The molecule has 0 radical (unpaired) electrons. The van der Waals surface area contributed by atoms with Crippen molar-refractivity contribution in [1.82, 2.24) is 0 Å². The molecular formula is C22H27FN2OSi. The maximum Gasteiger partial charge on any atom is 0.250 e. The Labute approximate surface area is 162 Å². The first-order valence-electron chi connectivity index (χ1n) is 9.13. The van der Waals surface area contributed by atoms with Gasteiger partial charge in [-0.2, -0.15) is 5.26 Å². The molecule has 3 nitrogen and oxygen atoms in total. The molecule has 0 fully saturated rings. The fourth-order valence-electron chi connectivity index (χ4n) is 2.25. The quantitative estimate of drug-likeness (QED) is 0.444. The van der Waals surface area contributed by atoms with Gasteiger partial charge in [-0.3, -0.25) is 4.99 Å². The van der Waals surface area contributed by atoms with Crippen LogP contribution >= 0.6 is 0 Å². The number of nitriles is 1. The van der Waals surface area contributed by atoms with Gasteiger partial charge in [0.2, 0.25) is 0 Å². The summed E-state index contributed by atoms with van der Waals surface area (Å²) in [6, 6.07) is 12.5. The lowest BCUT2D eigenvalue weighted by Crippen LogP contribution is -2.44. The minimum atomic E-state index is -2.15. The van der Waals surface area contributed by atoms with Gasteiger partial charge >= 0.3 is 0 Å². The predicted octanol–water partition coefficient (Wildman–Crippen LogP) is 6.39. The third-order valence-corrected chi connectivity index (χ3v) is 9.40. The van der Waals surface area contributed by atoms with E-state index in [0.29, 0.717) is 22.6 Å². The highest BCUT2D eigenvalue weighted by Crippen LogP contribution is 2.38. The van der Waals surface area contributed by atoms with Gasteiger partial charge in [0.15, 0.2) is 5.82 Å². The molecule has 27 heavy (non-hydrogen) atoms. The second-order valence-corrected chi connectivity index (χ2v) is 12.9. The fourth-order valence-corrected chi connectivity index (χ4v) is 3.25. The standard InChI is InChI=1S/C22H27FN2OSi/c1-7-16-12-18(15-25-19-10-8-17(14-24)9-11-19)21(23)20(13-16)26-27(5,6)22(2,3)4/h8-13,15H,7H2,1-6H3/b25-15+. The molecule has 0 unspecified atom stereocenters. The number of nitrogens with zero attached hydrogens (tertiary/aromatic N) is 2. The van der Waals surface area contributed by atoms with Gasteiger partial charge in [-0.1, -0.05) is 27.7 Å². The number of aliphatic imine (C=N–C) groups is 1. The van der Waals surface area contributed by atoms with Gasteiger partial charge in [-0.25, -0.2) is 4.39 Å². The predicted molar refractivity (Wildman–Crippen MR) is 112 cm³/mol. The van der Waals surface area contributed by atoms with Gasteiger partial charge in [0.05, 0.1) is 17.3 Å². The molecule has 0 spiro atoms. The van der Waals surface area contributed by atoms with E-state index in [-0.39, 0.29) is 10.9 Å². The van der Waals surface area contributed by atoms with Gasteiger partial charge < -0.3 is 4.43 Å². The second-order valence-electron chi connectivity index (χ2n) is 8.13. The van der Waals surface area contributed by atoms with E-state index in [2.05, 4.69) is 44.9 Å². The molecule has 0 aliphatic rings. The first-order valence-corrected chi connectivity index (χ1v) is 12.0. The first-order chi connectivity index (χ1) is 12.6. The Balaban J connectivity index is 2.39. The topological polar surface area (TPSA) is 45.4 Å². The van der Waals surface area contributed by atoms with Crippen molar-refractivity contribution < 1.29 is 8.82 Å². The van der Waals surface area contributed by atoms with Gasteiger partial charge in [0, 0.05) is 11.8 Å². The molecule has 0 amide bonds. The third kappa shape index (κ3) is 5.05. The highest BCUT2D eigenvalue weighted by atomic mass is 28.4. The fraction of sp³-hybridized carbons (Fsp3) is 0.364. The van der Waals surface area contributed by atoms with E-state index in [1.807, 2.05) is 6.92 Å². The molecule has 2 aromatic carbocycles. The van der Waals surface area contributed by atoms with Gasteiger partial charge in [0.25, 0.3) is 8.32 Å². The van der Waals surface area contributed by atoms with Crippen LogP contribution in [0.15, 0.2) is 41.4 Å². The van der Waals surface area contributed by atoms with Crippen molar-refractivity contribution in [2.45, 2.75) is 52.2 Å². The van der Waals surface area contributed by atoms with Gasteiger partial charge in [0.1, 0.15) is 5.75 Å². The minimum absolute atomic E-state index is 0.0155. The van der Waals surface area contributed by atoms with Crippen molar-refractivity contribution in [1.29, 1.82) is 5.26 Å². The molecule has 0 saturated carbocycles. The van der Waals surface area contributed by atoms with E-state index in [1.54, 1.807) is 36.4 Å². The molecular weight excluding hydrogens is 355 g/mol. The number of hydrogen-bond donors (Lipinski definition) is 0. The molecule has 0 bridgehead atoms. The Hall–Kier alpha value is -2.45. The van der Waals surface area contributed by atoms with Crippen molar-refractivity contribution in [3.05, 3.63) is 58.9 Å². The van der Waals surface area contributed by atoms with Gasteiger partial charge in [-0.05, 0) is 66.5 Å². The molecule has 0 heterocycles. The normalized spacial score (nSPS) is 12.2. The summed E-state index contributed by atoms with van der Waals surface area (Å²) in [5.74, 6) is -0.0726. The summed E-state index contributed by atoms with van der Waals surface area (Å²) >= 11 is 0. The van der Waals surface area contributed by atoms with Crippen LogP contribution in [0.3, 0.4) is 0 Å². The summed E-state index contributed by atoms with van der Waals surface area (Å²) in [5.41, 5.74) is 2.65. The van der Waals surface area contributed by atoms with Crippen molar-refractivity contribution in [3.63, 3.8) is 0 Å². The van der Waals surface area contributed by atoms with E-state index >= 15 is 4.39 Å². The molecule has 0 N–H and O–H groups in total. The van der Waals surface area contributed by atoms with Crippen LogP contribution in [-0.2, 0) is 6.42 Å². The Morgan fingerprint density at radius 2 is 1.81 bits per heavy atom. The van der Waals surface area contributed by atoms with Crippen LogP contribution in [0.2, 0.25) is 18.1 Å². The zero-order chi connectivity index (χ0) is 20.2. The number of rotatable bonds is 5.